The second kappa shape index (κ2) is 10.7. The van der Waals surface area contributed by atoms with Crippen molar-refractivity contribution in [3.63, 3.8) is 0 Å². The van der Waals surface area contributed by atoms with E-state index in [2.05, 4.69) is 16.4 Å². The molecule has 2 heterocycles. The van der Waals surface area contributed by atoms with Crippen LogP contribution in [0.2, 0.25) is 5.02 Å². The van der Waals surface area contributed by atoms with Crippen molar-refractivity contribution < 1.29 is 14.8 Å². The highest BCUT2D eigenvalue weighted by molar-refractivity contribution is 6.30. The first-order valence-electron chi connectivity index (χ1n) is 11.8. The molecule has 1 aliphatic heterocycles. The van der Waals surface area contributed by atoms with Gasteiger partial charge in [-0.1, -0.05) is 60.1 Å². The number of amides is 1. The molecule has 0 unspecified atom stereocenters. The van der Waals surface area contributed by atoms with Crippen LogP contribution in [0.15, 0.2) is 84.9 Å². The maximum absolute atomic E-state index is 13.5. The number of hydrogen-bond donors (Lipinski definition) is 1. The van der Waals surface area contributed by atoms with Crippen molar-refractivity contribution in [1.29, 1.82) is 0 Å². The smallest absolute Gasteiger partial charge is 0.254 e. The summed E-state index contributed by atoms with van der Waals surface area (Å²) < 4.78 is 5.99. The summed E-state index contributed by atoms with van der Waals surface area (Å²) in [4.78, 5) is 20.0. The number of benzene rings is 3. The monoisotopic (exact) mass is 484 g/mol. The van der Waals surface area contributed by atoms with Crippen LogP contribution in [-0.4, -0.2) is 42.0 Å². The van der Waals surface area contributed by atoms with Crippen LogP contribution in [0.5, 0.6) is 5.75 Å². The lowest BCUT2D eigenvalue weighted by atomic mass is 10.0. The van der Waals surface area contributed by atoms with Crippen molar-refractivity contribution in [1.82, 2.24) is 9.88 Å². The molecule has 0 spiro atoms. The molecule has 5 nitrogen and oxygen atoms in total. The van der Waals surface area contributed by atoms with Gasteiger partial charge in [0.1, 0.15) is 12.4 Å². The summed E-state index contributed by atoms with van der Waals surface area (Å²) in [5.41, 5.74) is 4.28. The lowest BCUT2D eigenvalue weighted by molar-refractivity contribution is -0.662. The summed E-state index contributed by atoms with van der Waals surface area (Å²) in [5, 5.41) is 4.02. The Morgan fingerprint density at radius 1 is 0.943 bits per heavy atom. The van der Waals surface area contributed by atoms with Crippen molar-refractivity contribution in [2.75, 3.05) is 26.2 Å². The first-order chi connectivity index (χ1) is 17.2. The van der Waals surface area contributed by atoms with Gasteiger partial charge in [0.05, 0.1) is 37.4 Å². The van der Waals surface area contributed by atoms with E-state index >= 15 is 0 Å². The van der Waals surface area contributed by atoms with Crippen LogP contribution in [-0.2, 0) is 11.4 Å². The van der Waals surface area contributed by atoms with E-state index in [0.29, 0.717) is 17.2 Å². The van der Waals surface area contributed by atoms with E-state index in [1.807, 2.05) is 89.8 Å². The summed E-state index contributed by atoms with van der Waals surface area (Å²) in [6.07, 6.45) is 1.94. The third-order valence-electron chi connectivity index (χ3n) is 6.11. The zero-order valence-corrected chi connectivity index (χ0v) is 20.1. The van der Waals surface area contributed by atoms with Crippen LogP contribution in [0.4, 0.5) is 0 Å². The summed E-state index contributed by atoms with van der Waals surface area (Å²) >= 11 is 6.05. The number of carbonyl (C=O) groups excluding carboxylic acids is 1. The normalized spacial score (nSPS) is 14.2. The second-order valence-electron chi connectivity index (χ2n) is 8.58. The van der Waals surface area contributed by atoms with Crippen LogP contribution in [0, 0.1) is 0 Å². The fourth-order valence-corrected chi connectivity index (χ4v) is 4.32. The molecular formula is C29H27ClN3O2+. The molecule has 3 aromatic carbocycles. The number of carbonyl (C=O) groups is 1. The number of para-hydroxylation sites is 1. The largest absolute Gasteiger partial charge is 0.487 e. The number of hydrogen-bond acceptors (Lipinski definition) is 3. The van der Waals surface area contributed by atoms with Crippen molar-refractivity contribution >= 4 is 40.1 Å². The lowest BCUT2D eigenvalue weighted by Crippen LogP contribution is -2.89. The number of aromatic nitrogens is 1. The van der Waals surface area contributed by atoms with Crippen molar-refractivity contribution in [3.05, 3.63) is 107 Å². The van der Waals surface area contributed by atoms with Gasteiger partial charge in [0.15, 0.2) is 0 Å². The van der Waals surface area contributed by atoms with Gasteiger partial charge in [-0.15, -0.1) is 0 Å². The minimum atomic E-state index is 0.0436. The quantitative estimate of drug-likeness (QED) is 0.326. The topological polar surface area (TPSA) is 59.0 Å². The Labute approximate surface area is 210 Å². The van der Waals surface area contributed by atoms with E-state index in [-0.39, 0.29) is 5.91 Å². The van der Waals surface area contributed by atoms with Gasteiger partial charge < -0.3 is 15.0 Å². The Balaban J connectivity index is 1.35. The molecule has 0 aliphatic carbocycles. The van der Waals surface area contributed by atoms with E-state index in [9.17, 15) is 4.79 Å². The third kappa shape index (κ3) is 5.70. The summed E-state index contributed by atoms with van der Waals surface area (Å²) in [6, 6.07) is 27.3. The minimum Gasteiger partial charge on any atom is -0.487 e. The highest BCUT2D eigenvalue weighted by atomic mass is 35.5. The number of nitrogens with zero attached hydrogens (tertiary/aromatic N) is 2. The van der Waals surface area contributed by atoms with Crippen LogP contribution >= 0.6 is 11.6 Å². The average Bonchev–Trinajstić information content (AvgIpc) is 2.92. The zero-order valence-electron chi connectivity index (χ0n) is 19.4. The maximum Gasteiger partial charge on any atom is 0.254 e. The molecule has 1 amide bonds. The molecule has 4 aromatic rings. The van der Waals surface area contributed by atoms with Gasteiger partial charge in [-0.25, -0.2) is 4.98 Å². The maximum atomic E-state index is 13.5. The van der Waals surface area contributed by atoms with Crippen molar-refractivity contribution in [2.45, 2.75) is 6.61 Å². The molecule has 176 valence electrons. The predicted molar refractivity (Wildman–Crippen MR) is 140 cm³/mol. The van der Waals surface area contributed by atoms with E-state index in [4.69, 9.17) is 16.3 Å². The van der Waals surface area contributed by atoms with Crippen molar-refractivity contribution in [3.8, 4) is 5.75 Å². The average molecular weight is 485 g/mol. The standard InChI is InChI=1S/C29H26ClN3O2/c30-24-10-5-21(6-11-24)19-27(29(34)33-17-15-31-16-18-33)22-8-13-26(14-9-22)35-20-25-12-7-23-3-1-2-4-28(23)32-25/h1-14,19,31H,15-18,20H2/p+1/b27-19+. The molecule has 6 heteroatoms. The molecule has 0 atom stereocenters. The molecule has 1 aromatic heterocycles. The number of piperazine rings is 1. The first kappa shape index (κ1) is 23.1. The van der Waals surface area contributed by atoms with Crippen LogP contribution in [0.1, 0.15) is 16.8 Å². The molecule has 2 N–H and O–H groups in total. The van der Waals surface area contributed by atoms with E-state index in [0.717, 1.165) is 59.7 Å². The molecule has 0 bridgehead atoms. The van der Waals surface area contributed by atoms with Crippen LogP contribution in [0.25, 0.3) is 22.6 Å². The second-order valence-corrected chi connectivity index (χ2v) is 9.01. The number of pyridine rings is 1. The van der Waals surface area contributed by atoms with Gasteiger partial charge in [0, 0.05) is 16.0 Å². The molecule has 0 saturated carbocycles. The molecule has 1 aliphatic rings. The summed E-state index contributed by atoms with van der Waals surface area (Å²) in [6.45, 7) is 3.72. The number of quaternary nitrogens is 1. The molecule has 5 rings (SSSR count). The van der Waals surface area contributed by atoms with Crippen LogP contribution < -0.4 is 10.1 Å². The molecule has 35 heavy (non-hydrogen) atoms. The van der Waals surface area contributed by atoms with Gasteiger partial charge >= 0.3 is 0 Å². The Bertz CT molecular complexity index is 1340. The minimum absolute atomic E-state index is 0.0436. The Kier molecular flexibility index (Phi) is 7.07. The first-order valence-corrected chi connectivity index (χ1v) is 12.2. The Hall–Kier alpha value is -3.67. The lowest BCUT2D eigenvalue weighted by Gasteiger charge is -2.26. The fourth-order valence-electron chi connectivity index (χ4n) is 4.19. The molecule has 1 fully saturated rings. The van der Waals surface area contributed by atoms with Gasteiger partial charge in [-0.2, -0.15) is 0 Å². The molecule has 0 radical (unpaired) electrons. The SMILES string of the molecule is O=C(/C(=C/c1ccc(Cl)cc1)c1ccc(OCc2ccc3ccccc3n2)cc1)N1CC[NH2+]CC1. The highest BCUT2D eigenvalue weighted by Gasteiger charge is 2.23. The van der Waals surface area contributed by atoms with E-state index < -0.39 is 0 Å². The molecule has 1 saturated heterocycles. The zero-order chi connectivity index (χ0) is 24.0. The predicted octanol–water partition coefficient (Wildman–Crippen LogP) is 4.41. The summed E-state index contributed by atoms with van der Waals surface area (Å²) in [5.74, 6) is 0.775. The molecular weight excluding hydrogens is 458 g/mol. The number of nitrogens with two attached hydrogens (primary N) is 1. The number of fused-ring (bicyclic) bond motifs is 1. The number of ether oxygens (including phenoxy) is 1. The van der Waals surface area contributed by atoms with Gasteiger partial charge in [0.25, 0.3) is 5.91 Å². The third-order valence-corrected chi connectivity index (χ3v) is 6.37. The highest BCUT2D eigenvalue weighted by Crippen LogP contribution is 2.25. The van der Waals surface area contributed by atoms with E-state index in [1.54, 1.807) is 0 Å². The van der Waals surface area contributed by atoms with Crippen molar-refractivity contribution in [2.24, 2.45) is 0 Å². The Morgan fingerprint density at radius 2 is 1.69 bits per heavy atom. The van der Waals surface area contributed by atoms with Crippen LogP contribution in [0.3, 0.4) is 0 Å². The van der Waals surface area contributed by atoms with E-state index in [1.165, 1.54) is 0 Å². The fraction of sp³-hybridized carbons (Fsp3) is 0.172. The Morgan fingerprint density at radius 3 is 2.46 bits per heavy atom. The van der Waals surface area contributed by atoms with Gasteiger partial charge in [0.2, 0.25) is 0 Å². The van der Waals surface area contributed by atoms with Gasteiger partial charge in [-0.05, 0) is 53.6 Å². The van der Waals surface area contributed by atoms with Gasteiger partial charge in [-0.3, -0.25) is 4.79 Å². The number of rotatable bonds is 6. The summed E-state index contributed by atoms with van der Waals surface area (Å²) in [7, 11) is 0. The number of halogens is 1.